The molecule has 0 atom stereocenters. The smallest absolute Gasteiger partial charge is 0.338 e. The number of aryl methyl sites for hydroxylation is 2. The predicted octanol–water partition coefficient (Wildman–Crippen LogP) is 1.76. The maximum absolute atomic E-state index is 11.9. The van der Waals surface area contributed by atoms with E-state index in [4.69, 9.17) is 9.88 Å². The molecule has 0 saturated heterocycles. The zero-order chi connectivity index (χ0) is 14.8. The van der Waals surface area contributed by atoms with E-state index in [-0.39, 0.29) is 23.0 Å². The van der Waals surface area contributed by atoms with E-state index < -0.39 is 16.0 Å². The summed E-state index contributed by atoms with van der Waals surface area (Å²) in [6.07, 6.45) is 0. The van der Waals surface area contributed by atoms with Gasteiger partial charge in [-0.2, -0.15) is 0 Å². The highest BCUT2D eigenvalue weighted by Crippen LogP contribution is 2.20. The van der Waals surface area contributed by atoms with E-state index in [0.717, 1.165) is 0 Å². The van der Waals surface area contributed by atoms with Crippen LogP contribution in [0.1, 0.15) is 35.3 Å². The lowest BCUT2D eigenvalue weighted by Crippen LogP contribution is -2.17. The molecule has 0 spiro atoms. The Morgan fingerprint density at radius 1 is 1.26 bits per heavy atom. The lowest BCUT2D eigenvalue weighted by molar-refractivity contribution is 0.0458. The average molecular weight is 285 g/mol. The summed E-state index contributed by atoms with van der Waals surface area (Å²) in [5.74, 6) is -0.316. The number of rotatable bonds is 4. The van der Waals surface area contributed by atoms with Gasteiger partial charge in [0.1, 0.15) is 0 Å². The van der Waals surface area contributed by atoms with Crippen LogP contribution in [0.15, 0.2) is 17.0 Å². The third-order valence-electron chi connectivity index (χ3n) is 2.60. The van der Waals surface area contributed by atoms with Crippen LogP contribution in [0.2, 0.25) is 0 Å². The van der Waals surface area contributed by atoms with Crippen molar-refractivity contribution in [1.82, 2.24) is 0 Å². The van der Waals surface area contributed by atoms with Crippen LogP contribution in [-0.2, 0) is 14.8 Å². The Balaban J connectivity index is 3.19. The third-order valence-corrected chi connectivity index (χ3v) is 3.65. The Morgan fingerprint density at radius 3 is 2.32 bits per heavy atom. The van der Waals surface area contributed by atoms with Crippen molar-refractivity contribution in [2.45, 2.75) is 32.6 Å². The molecule has 0 unspecified atom stereocenters. The molecule has 0 amide bonds. The summed E-state index contributed by atoms with van der Waals surface area (Å²) in [4.78, 5) is 11.9. The molecule has 0 radical (unpaired) electrons. The van der Waals surface area contributed by atoms with Gasteiger partial charge in [-0.15, -0.1) is 0 Å². The molecule has 1 rings (SSSR count). The summed E-state index contributed by atoms with van der Waals surface area (Å²) in [5.41, 5.74) is 1.41. The standard InChI is InChI=1S/C13H19NO4S/c1-8(2)7-18-13(15)11-6-12(19(14,16)17)10(4)5-9(11)3/h5-6,8H,7H2,1-4H3,(H2,14,16,17). The second-order valence-corrected chi connectivity index (χ2v) is 6.50. The molecule has 0 aliphatic heterocycles. The van der Waals surface area contributed by atoms with Gasteiger partial charge in [0.05, 0.1) is 17.1 Å². The number of primary sulfonamides is 1. The quantitative estimate of drug-likeness (QED) is 0.854. The molecule has 2 N–H and O–H groups in total. The van der Waals surface area contributed by atoms with Gasteiger partial charge in [-0.1, -0.05) is 19.9 Å². The normalized spacial score (nSPS) is 11.7. The summed E-state index contributed by atoms with van der Waals surface area (Å²) >= 11 is 0. The summed E-state index contributed by atoms with van der Waals surface area (Å²) in [7, 11) is -3.85. The Labute approximate surface area is 113 Å². The number of sulfonamides is 1. The van der Waals surface area contributed by atoms with Gasteiger partial charge in [-0.05, 0) is 37.0 Å². The molecule has 106 valence electrons. The first kappa shape index (κ1) is 15.7. The topological polar surface area (TPSA) is 86.5 Å². The highest BCUT2D eigenvalue weighted by atomic mass is 32.2. The number of carbonyl (C=O) groups excluding carboxylic acids is 1. The lowest BCUT2D eigenvalue weighted by Gasteiger charge is -2.12. The van der Waals surface area contributed by atoms with Gasteiger partial charge in [0, 0.05) is 0 Å². The molecule has 0 bridgehead atoms. The first-order valence-corrected chi connectivity index (χ1v) is 7.48. The van der Waals surface area contributed by atoms with Crippen LogP contribution in [0.4, 0.5) is 0 Å². The van der Waals surface area contributed by atoms with Crippen molar-refractivity contribution >= 4 is 16.0 Å². The van der Waals surface area contributed by atoms with Crippen LogP contribution < -0.4 is 5.14 Å². The molecular weight excluding hydrogens is 266 g/mol. The second kappa shape index (κ2) is 5.71. The van der Waals surface area contributed by atoms with Crippen molar-refractivity contribution in [1.29, 1.82) is 0 Å². The number of nitrogens with two attached hydrogens (primary N) is 1. The Bertz CT molecular complexity index is 591. The van der Waals surface area contributed by atoms with Crippen molar-refractivity contribution in [3.63, 3.8) is 0 Å². The maximum atomic E-state index is 11.9. The number of benzene rings is 1. The predicted molar refractivity (Wildman–Crippen MR) is 72.4 cm³/mol. The van der Waals surface area contributed by atoms with Crippen LogP contribution in [0.25, 0.3) is 0 Å². The SMILES string of the molecule is Cc1cc(C)c(S(N)(=O)=O)cc1C(=O)OCC(C)C. The number of esters is 1. The maximum Gasteiger partial charge on any atom is 0.338 e. The largest absolute Gasteiger partial charge is 0.462 e. The molecule has 0 saturated carbocycles. The Kier molecular flexibility index (Phi) is 4.70. The van der Waals surface area contributed by atoms with Crippen LogP contribution >= 0.6 is 0 Å². The zero-order valence-corrected chi connectivity index (χ0v) is 12.4. The minimum absolute atomic E-state index is 0.0467. The number of hydrogen-bond acceptors (Lipinski definition) is 4. The second-order valence-electron chi connectivity index (χ2n) is 4.97. The summed E-state index contributed by atoms with van der Waals surface area (Å²) < 4.78 is 28.0. The zero-order valence-electron chi connectivity index (χ0n) is 11.6. The minimum atomic E-state index is -3.85. The van der Waals surface area contributed by atoms with Crippen molar-refractivity contribution in [3.8, 4) is 0 Å². The molecule has 5 nitrogen and oxygen atoms in total. The van der Waals surface area contributed by atoms with Gasteiger partial charge in [0.15, 0.2) is 0 Å². The fourth-order valence-electron chi connectivity index (χ4n) is 1.68. The van der Waals surface area contributed by atoms with Crippen molar-refractivity contribution in [3.05, 3.63) is 28.8 Å². The molecule has 1 aromatic rings. The number of hydrogen-bond donors (Lipinski definition) is 1. The number of carbonyl (C=O) groups is 1. The fraction of sp³-hybridized carbons (Fsp3) is 0.462. The van der Waals surface area contributed by atoms with Crippen molar-refractivity contribution in [2.24, 2.45) is 11.1 Å². The third kappa shape index (κ3) is 4.04. The molecule has 0 heterocycles. The molecule has 1 aromatic carbocycles. The fourth-order valence-corrected chi connectivity index (χ4v) is 2.47. The van der Waals surface area contributed by atoms with Crippen LogP contribution in [0.3, 0.4) is 0 Å². The van der Waals surface area contributed by atoms with Crippen LogP contribution in [0, 0.1) is 19.8 Å². The van der Waals surface area contributed by atoms with Crippen molar-refractivity contribution < 1.29 is 17.9 Å². The summed E-state index contributed by atoms with van der Waals surface area (Å²) in [5, 5.41) is 5.12. The average Bonchev–Trinajstić information content (AvgIpc) is 2.24. The molecule has 19 heavy (non-hydrogen) atoms. The van der Waals surface area contributed by atoms with E-state index in [1.807, 2.05) is 13.8 Å². The van der Waals surface area contributed by atoms with E-state index in [0.29, 0.717) is 11.1 Å². The first-order chi connectivity index (χ1) is 8.62. The molecule has 0 aliphatic carbocycles. The van der Waals surface area contributed by atoms with E-state index in [9.17, 15) is 13.2 Å². The van der Waals surface area contributed by atoms with Crippen molar-refractivity contribution in [2.75, 3.05) is 6.61 Å². The molecule has 0 fully saturated rings. The van der Waals surface area contributed by atoms with Gasteiger partial charge in [0.25, 0.3) is 0 Å². The molecule has 0 aromatic heterocycles. The van der Waals surface area contributed by atoms with Crippen LogP contribution in [0.5, 0.6) is 0 Å². The van der Waals surface area contributed by atoms with E-state index in [1.54, 1.807) is 19.9 Å². The monoisotopic (exact) mass is 285 g/mol. The van der Waals surface area contributed by atoms with E-state index in [1.165, 1.54) is 6.07 Å². The van der Waals surface area contributed by atoms with Gasteiger partial charge < -0.3 is 4.74 Å². The van der Waals surface area contributed by atoms with Gasteiger partial charge in [0.2, 0.25) is 10.0 Å². The van der Waals surface area contributed by atoms with Crippen LogP contribution in [-0.4, -0.2) is 21.0 Å². The minimum Gasteiger partial charge on any atom is -0.462 e. The molecule has 6 heteroatoms. The highest BCUT2D eigenvalue weighted by molar-refractivity contribution is 7.89. The first-order valence-electron chi connectivity index (χ1n) is 5.94. The summed E-state index contributed by atoms with van der Waals surface area (Å²) in [6.45, 7) is 7.49. The number of ether oxygens (including phenoxy) is 1. The summed E-state index contributed by atoms with van der Waals surface area (Å²) in [6, 6.07) is 2.90. The van der Waals surface area contributed by atoms with Gasteiger partial charge >= 0.3 is 5.97 Å². The van der Waals surface area contributed by atoms with Gasteiger partial charge in [-0.25, -0.2) is 18.4 Å². The molecule has 0 aliphatic rings. The Hall–Kier alpha value is -1.40. The van der Waals surface area contributed by atoms with Gasteiger partial charge in [-0.3, -0.25) is 0 Å². The van der Waals surface area contributed by atoms with E-state index in [2.05, 4.69) is 0 Å². The highest BCUT2D eigenvalue weighted by Gasteiger charge is 2.18. The van der Waals surface area contributed by atoms with E-state index >= 15 is 0 Å². The lowest BCUT2D eigenvalue weighted by atomic mass is 10.1. The molecular formula is C13H19NO4S. The Morgan fingerprint density at radius 2 is 1.84 bits per heavy atom.